The molecule has 132 valence electrons. The molecule has 2 aromatic rings. The summed E-state index contributed by atoms with van der Waals surface area (Å²) in [4.78, 5) is 14.6. The number of ether oxygens (including phenoxy) is 2. The summed E-state index contributed by atoms with van der Waals surface area (Å²) in [5.41, 5.74) is 2.50. The van der Waals surface area contributed by atoms with E-state index in [0.29, 0.717) is 11.8 Å². The fourth-order valence-electron chi connectivity index (χ4n) is 4.35. The molecule has 0 N–H and O–H groups in total. The van der Waals surface area contributed by atoms with Crippen LogP contribution in [0.25, 0.3) is 0 Å². The van der Waals surface area contributed by atoms with E-state index in [4.69, 9.17) is 9.47 Å². The second-order valence-electron chi connectivity index (χ2n) is 7.07. The Morgan fingerprint density at radius 1 is 1.08 bits per heavy atom. The van der Waals surface area contributed by atoms with Gasteiger partial charge in [0, 0.05) is 55.5 Å². The topological polar surface area (TPSA) is 43.7 Å². The zero-order valence-electron chi connectivity index (χ0n) is 14.8. The quantitative estimate of drug-likeness (QED) is 0.858. The predicted octanol–water partition coefficient (Wildman–Crippen LogP) is 2.48. The maximum atomic E-state index is 12.1. The number of rotatable bonds is 4. The first-order valence-corrected chi connectivity index (χ1v) is 8.81. The van der Waals surface area contributed by atoms with Gasteiger partial charge in [0.25, 0.3) is 5.56 Å². The summed E-state index contributed by atoms with van der Waals surface area (Å²) >= 11 is 0. The molecule has 0 aliphatic carbocycles. The summed E-state index contributed by atoms with van der Waals surface area (Å²) < 4.78 is 12.8. The standard InChI is InChI=1S/C20H24N2O3/c1-24-17-7-6-15(19(9-17)25-2)12-21-10-14-8-16(13-21)18-4-3-5-20(23)22(18)11-14/h3-7,9,14,16H,8,10-13H2,1-2H3/t14-,16-/m1/s1. The van der Waals surface area contributed by atoms with Crippen molar-refractivity contribution < 1.29 is 9.47 Å². The van der Waals surface area contributed by atoms with Crippen molar-refractivity contribution in [1.82, 2.24) is 9.47 Å². The van der Waals surface area contributed by atoms with E-state index in [1.54, 1.807) is 20.3 Å². The van der Waals surface area contributed by atoms with Crippen LogP contribution in [0, 0.1) is 5.92 Å². The molecule has 2 aliphatic heterocycles. The molecular weight excluding hydrogens is 316 g/mol. The van der Waals surface area contributed by atoms with Crippen LogP contribution in [-0.4, -0.2) is 36.8 Å². The van der Waals surface area contributed by atoms with Gasteiger partial charge in [0.2, 0.25) is 0 Å². The molecule has 5 heteroatoms. The minimum Gasteiger partial charge on any atom is -0.497 e. The first-order chi connectivity index (χ1) is 12.2. The lowest BCUT2D eigenvalue weighted by Crippen LogP contribution is -2.46. The van der Waals surface area contributed by atoms with Gasteiger partial charge >= 0.3 is 0 Å². The summed E-state index contributed by atoms with van der Waals surface area (Å²) in [6.45, 7) is 3.70. The van der Waals surface area contributed by atoms with Crippen LogP contribution < -0.4 is 15.0 Å². The van der Waals surface area contributed by atoms with E-state index >= 15 is 0 Å². The van der Waals surface area contributed by atoms with Crippen LogP contribution in [0.15, 0.2) is 41.2 Å². The van der Waals surface area contributed by atoms with Crippen molar-refractivity contribution in [3.05, 3.63) is 58.0 Å². The van der Waals surface area contributed by atoms with Crippen molar-refractivity contribution in [1.29, 1.82) is 0 Å². The van der Waals surface area contributed by atoms with Crippen LogP contribution in [0.5, 0.6) is 11.5 Å². The van der Waals surface area contributed by atoms with Crippen molar-refractivity contribution in [2.24, 2.45) is 5.92 Å². The fourth-order valence-corrected chi connectivity index (χ4v) is 4.35. The third-order valence-corrected chi connectivity index (χ3v) is 5.44. The van der Waals surface area contributed by atoms with Crippen molar-refractivity contribution in [2.45, 2.75) is 25.4 Å². The van der Waals surface area contributed by atoms with Gasteiger partial charge in [-0.2, -0.15) is 0 Å². The van der Waals surface area contributed by atoms with E-state index in [0.717, 1.165) is 37.7 Å². The van der Waals surface area contributed by atoms with Crippen LogP contribution in [0.4, 0.5) is 0 Å². The number of fused-ring (bicyclic) bond motifs is 4. The van der Waals surface area contributed by atoms with Crippen LogP contribution in [-0.2, 0) is 13.1 Å². The molecule has 4 rings (SSSR count). The van der Waals surface area contributed by atoms with Gasteiger partial charge in [-0.15, -0.1) is 0 Å². The minimum absolute atomic E-state index is 0.137. The van der Waals surface area contributed by atoms with E-state index in [-0.39, 0.29) is 5.56 Å². The number of hydrogen-bond donors (Lipinski definition) is 0. The zero-order chi connectivity index (χ0) is 17.4. The number of methoxy groups -OCH3 is 2. The molecule has 1 saturated heterocycles. The molecule has 0 spiro atoms. The van der Waals surface area contributed by atoms with Crippen molar-refractivity contribution in [3.8, 4) is 11.5 Å². The van der Waals surface area contributed by atoms with Gasteiger partial charge in [-0.3, -0.25) is 9.69 Å². The third-order valence-electron chi connectivity index (χ3n) is 5.44. The molecule has 5 nitrogen and oxygen atoms in total. The molecule has 2 bridgehead atoms. The number of nitrogens with zero attached hydrogens (tertiary/aromatic N) is 2. The van der Waals surface area contributed by atoms with Crippen molar-refractivity contribution in [3.63, 3.8) is 0 Å². The number of hydrogen-bond acceptors (Lipinski definition) is 4. The Hall–Kier alpha value is -2.27. The SMILES string of the molecule is COc1ccc(CN2C[C@H]3C[C@H](C2)c2cccc(=O)n2C3)c(OC)c1. The highest BCUT2D eigenvalue weighted by Gasteiger charge is 2.34. The molecule has 1 aromatic heterocycles. The number of aromatic nitrogens is 1. The Labute approximate surface area is 147 Å². The summed E-state index contributed by atoms with van der Waals surface area (Å²) in [7, 11) is 3.37. The first kappa shape index (κ1) is 16.2. The van der Waals surface area contributed by atoms with E-state index in [1.807, 2.05) is 22.8 Å². The van der Waals surface area contributed by atoms with E-state index in [9.17, 15) is 4.79 Å². The summed E-state index contributed by atoms with van der Waals surface area (Å²) in [6.07, 6.45) is 1.18. The van der Waals surface area contributed by atoms with Crippen LogP contribution in [0.2, 0.25) is 0 Å². The molecule has 3 heterocycles. The molecule has 0 saturated carbocycles. The van der Waals surface area contributed by atoms with Gasteiger partial charge in [0.1, 0.15) is 11.5 Å². The van der Waals surface area contributed by atoms with Crippen molar-refractivity contribution in [2.75, 3.05) is 27.3 Å². The van der Waals surface area contributed by atoms with Gasteiger partial charge in [0.05, 0.1) is 14.2 Å². The highest BCUT2D eigenvalue weighted by Crippen LogP contribution is 2.36. The lowest BCUT2D eigenvalue weighted by molar-refractivity contribution is 0.113. The second kappa shape index (κ2) is 6.56. The first-order valence-electron chi connectivity index (χ1n) is 8.81. The zero-order valence-corrected chi connectivity index (χ0v) is 14.8. The number of likely N-dealkylation sites (tertiary alicyclic amines) is 1. The molecule has 1 fully saturated rings. The van der Waals surface area contributed by atoms with E-state index in [2.05, 4.69) is 17.0 Å². The normalized spacial score (nSPS) is 22.3. The Balaban J connectivity index is 1.56. The van der Waals surface area contributed by atoms with Gasteiger partial charge < -0.3 is 14.0 Å². The number of benzene rings is 1. The van der Waals surface area contributed by atoms with Crippen LogP contribution in [0.1, 0.15) is 23.6 Å². The summed E-state index contributed by atoms with van der Waals surface area (Å²) in [6, 6.07) is 11.7. The lowest BCUT2D eigenvalue weighted by Gasteiger charge is -2.42. The fraction of sp³-hybridized carbons (Fsp3) is 0.450. The van der Waals surface area contributed by atoms with Crippen LogP contribution in [0.3, 0.4) is 0 Å². The molecule has 1 aromatic carbocycles. The number of pyridine rings is 1. The highest BCUT2D eigenvalue weighted by molar-refractivity contribution is 5.40. The monoisotopic (exact) mass is 340 g/mol. The summed E-state index contributed by atoms with van der Waals surface area (Å²) in [5, 5.41) is 0. The average Bonchev–Trinajstić information content (AvgIpc) is 2.63. The van der Waals surface area contributed by atoms with Gasteiger partial charge in [-0.1, -0.05) is 12.1 Å². The molecule has 0 amide bonds. The van der Waals surface area contributed by atoms with Gasteiger partial charge in [-0.25, -0.2) is 0 Å². The maximum absolute atomic E-state index is 12.1. The molecular formula is C20H24N2O3. The molecule has 0 unspecified atom stereocenters. The molecule has 2 aliphatic rings. The maximum Gasteiger partial charge on any atom is 0.250 e. The Bertz CT molecular complexity index is 830. The molecule has 25 heavy (non-hydrogen) atoms. The van der Waals surface area contributed by atoms with Gasteiger partial charge in [0.15, 0.2) is 0 Å². The second-order valence-corrected chi connectivity index (χ2v) is 7.07. The predicted molar refractivity (Wildman–Crippen MR) is 96.4 cm³/mol. The third kappa shape index (κ3) is 3.04. The largest absolute Gasteiger partial charge is 0.497 e. The minimum atomic E-state index is 0.137. The Morgan fingerprint density at radius 3 is 2.76 bits per heavy atom. The number of piperidine rings is 1. The highest BCUT2D eigenvalue weighted by atomic mass is 16.5. The molecule has 0 radical (unpaired) electrons. The lowest BCUT2D eigenvalue weighted by atomic mass is 9.83. The molecule has 2 atom stereocenters. The van der Waals surface area contributed by atoms with E-state index in [1.165, 1.54) is 17.7 Å². The average molecular weight is 340 g/mol. The smallest absolute Gasteiger partial charge is 0.250 e. The Morgan fingerprint density at radius 2 is 1.96 bits per heavy atom. The van der Waals surface area contributed by atoms with Crippen LogP contribution >= 0.6 is 0 Å². The van der Waals surface area contributed by atoms with Gasteiger partial charge in [-0.05, 0) is 24.5 Å². The van der Waals surface area contributed by atoms with E-state index < -0.39 is 0 Å². The van der Waals surface area contributed by atoms with Crippen molar-refractivity contribution >= 4 is 0 Å². The Kier molecular flexibility index (Phi) is 4.25. The summed E-state index contributed by atoms with van der Waals surface area (Å²) in [5.74, 6) is 2.65.